The van der Waals surface area contributed by atoms with Crippen LogP contribution in [-0.4, -0.2) is 22.6 Å². The number of hydrogen-bond donors (Lipinski definition) is 2. The van der Waals surface area contributed by atoms with Gasteiger partial charge in [0, 0.05) is 6.54 Å². The van der Waals surface area contributed by atoms with E-state index in [2.05, 4.69) is 20.8 Å². The van der Waals surface area contributed by atoms with Crippen molar-refractivity contribution in [3.63, 3.8) is 0 Å². The van der Waals surface area contributed by atoms with Crippen LogP contribution in [-0.2, 0) is 6.42 Å². The second-order valence-corrected chi connectivity index (χ2v) is 5.91. The average molecular weight is 371 g/mol. The molecular formula is C19H16ClFN4O. The number of benzene rings is 2. The zero-order valence-corrected chi connectivity index (χ0v) is 14.5. The number of rotatable bonds is 6. The zero-order valence-electron chi connectivity index (χ0n) is 13.7. The van der Waals surface area contributed by atoms with Gasteiger partial charge in [0.2, 0.25) is 0 Å². The van der Waals surface area contributed by atoms with Crippen LogP contribution in [0, 0.1) is 5.82 Å². The summed E-state index contributed by atoms with van der Waals surface area (Å²) in [6, 6.07) is 16.9. The fourth-order valence-corrected chi connectivity index (χ4v) is 2.51. The Morgan fingerprint density at radius 2 is 1.77 bits per heavy atom. The van der Waals surface area contributed by atoms with Gasteiger partial charge in [0.05, 0.1) is 10.7 Å². The van der Waals surface area contributed by atoms with Gasteiger partial charge in [-0.3, -0.25) is 4.79 Å². The lowest BCUT2D eigenvalue weighted by atomic mass is 10.1. The normalized spacial score (nSPS) is 10.4. The first kappa shape index (κ1) is 17.8. The summed E-state index contributed by atoms with van der Waals surface area (Å²) in [5.41, 5.74) is 1.44. The highest BCUT2D eigenvalue weighted by Gasteiger charge is 2.09. The highest BCUT2D eigenvalue weighted by molar-refractivity contribution is 6.33. The van der Waals surface area contributed by atoms with E-state index >= 15 is 0 Å². The Morgan fingerprint density at radius 3 is 2.50 bits per heavy atom. The maximum Gasteiger partial charge on any atom is 0.271 e. The van der Waals surface area contributed by atoms with Crippen molar-refractivity contribution in [2.45, 2.75) is 6.42 Å². The summed E-state index contributed by atoms with van der Waals surface area (Å²) in [7, 11) is 0. The van der Waals surface area contributed by atoms with Crippen LogP contribution in [0.5, 0.6) is 0 Å². The van der Waals surface area contributed by atoms with Gasteiger partial charge < -0.3 is 10.6 Å². The maximum absolute atomic E-state index is 13.5. The molecule has 0 spiro atoms. The van der Waals surface area contributed by atoms with Crippen molar-refractivity contribution >= 4 is 29.0 Å². The van der Waals surface area contributed by atoms with Crippen LogP contribution in [0.1, 0.15) is 16.1 Å². The van der Waals surface area contributed by atoms with E-state index in [1.165, 1.54) is 6.07 Å². The summed E-state index contributed by atoms with van der Waals surface area (Å²) in [6.07, 6.45) is 0.401. The Balaban J connectivity index is 1.55. The van der Waals surface area contributed by atoms with Crippen molar-refractivity contribution in [3.8, 4) is 0 Å². The van der Waals surface area contributed by atoms with Crippen LogP contribution in [0.2, 0.25) is 5.02 Å². The third kappa shape index (κ3) is 4.55. The van der Waals surface area contributed by atoms with Crippen LogP contribution in [0.25, 0.3) is 0 Å². The molecular weight excluding hydrogens is 355 g/mol. The molecule has 1 amide bonds. The van der Waals surface area contributed by atoms with E-state index in [1.807, 2.05) is 18.2 Å². The van der Waals surface area contributed by atoms with Gasteiger partial charge in [-0.15, -0.1) is 10.2 Å². The largest absolute Gasteiger partial charge is 0.350 e. The van der Waals surface area contributed by atoms with Crippen LogP contribution in [0.4, 0.5) is 15.9 Å². The van der Waals surface area contributed by atoms with Crippen molar-refractivity contribution in [2.24, 2.45) is 0 Å². The summed E-state index contributed by atoms with van der Waals surface area (Å²) >= 11 is 6.07. The number of carbonyl (C=O) groups is 1. The number of hydrogen-bond acceptors (Lipinski definition) is 4. The molecule has 0 fully saturated rings. The summed E-state index contributed by atoms with van der Waals surface area (Å²) in [4.78, 5) is 12.1. The molecule has 26 heavy (non-hydrogen) atoms. The highest BCUT2D eigenvalue weighted by Crippen LogP contribution is 2.23. The third-order valence-corrected chi connectivity index (χ3v) is 4.00. The van der Waals surface area contributed by atoms with Gasteiger partial charge in [-0.1, -0.05) is 41.9 Å². The molecule has 3 rings (SSSR count). The molecule has 0 saturated carbocycles. The minimum atomic E-state index is -0.363. The standard InChI is InChI=1S/C19H16ClFN4O/c20-14-6-2-4-8-16(14)23-18-10-9-17(24-25-18)19(26)22-12-11-13-5-1-3-7-15(13)21/h1-10H,11-12H2,(H,22,26)(H,23,25). The predicted molar refractivity (Wildman–Crippen MR) is 99.2 cm³/mol. The third-order valence-electron chi connectivity index (χ3n) is 3.67. The number of anilines is 2. The lowest BCUT2D eigenvalue weighted by Gasteiger charge is -2.08. The second-order valence-electron chi connectivity index (χ2n) is 5.51. The highest BCUT2D eigenvalue weighted by atomic mass is 35.5. The lowest BCUT2D eigenvalue weighted by Crippen LogP contribution is -2.27. The molecule has 2 aromatic carbocycles. The van der Waals surface area contributed by atoms with Crippen molar-refractivity contribution in [1.29, 1.82) is 0 Å². The summed E-state index contributed by atoms with van der Waals surface area (Å²) < 4.78 is 13.5. The quantitative estimate of drug-likeness (QED) is 0.688. The minimum absolute atomic E-state index is 0.184. The molecule has 5 nitrogen and oxygen atoms in total. The topological polar surface area (TPSA) is 66.9 Å². The number of nitrogens with one attached hydrogen (secondary N) is 2. The van der Waals surface area contributed by atoms with Crippen LogP contribution in [0.15, 0.2) is 60.7 Å². The smallest absolute Gasteiger partial charge is 0.271 e. The van der Waals surface area contributed by atoms with Gasteiger partial charge in [0.1, 0.15) is 5.82 Å². The molecule has 0 atom stereocenters. The molecule has 7 heteroatoms. The van der Waals surface area contributed by atoms with E-state index in [9.17, 15) is 9.18 Å². The van der Waals surface area contributed by atoms with Crippen LogP contribution < -0.4 is 10.6 Å². The number of nitrogens with zero attached hydrogens (tertiary/aromatic N) is 2. The average Bonchev–Trinajstić information content (AvgIpc) is 2.66. The molecule has 3 aromatic rings. The number of carbonyl (C=O) groups excluding carboxylic acids is 1. The van der Waals surface area contributed by atoms with Gasteiger partial charge in [0.15, 0.2) is 11.5 Å². The number of aromatic nitrogens is 2. The first-order valence-corrected chi connectivity index (χ1v) is 8.38. The predicted octanol–water partition coefficient (Wildman–Crippen LogP) is 3.99. The molecule has 0 aliphatic carbocycles. The Hall–Kier alpha value is -2.99. The number of halogens is 2. The van der Waals surface area contributed by atoms with E-state index in [0.29, 0.717) is 35.1 Å². The first-order valence-electron chi connectivity index (χ1n) is 8.00. The summed E-state index contributed by atoms with van der Waals surface area (Å²) in [6.45, 7) is 0.307. The minimum Gasteiger partial charge on any atom is -0.350 e. The Bertz CT molecular complexity index is 902. The zero-order chi connectivity index (χ0) is 18.4. The number of amides is 1. The molecule has 0 saturated heterocycles. The summed E-state index contributed by atoms with van der Waals surface area (Å²) in [5.74, 6) is -0.171. The monoisotopic (exact) mass is 370 g/mol. The van der Waals surface area contributed by atoms with Crippen molar-refractivity contribution < 1.29 is 9.18 Å². The van der Waals surface area contributed by atoms with Gasteiger partial charge in [-0.05, 0) is 42.3 Å². The van der Waals surface area contributed by atoms with E-state index in [-0.39, 0.29) is 17.4 Å². The van der Waals surface area contributed by atoms with Gasteiger partial charge >= 0.3 is 0 Å². The van der Waals surface area contributed by atoms with Gasteiger partial charge in [-0.2, -0.15) is 0 Å². The molecule has 0 radical (unpaired) electrons. The van der Waals surface area contributed by atoms with Crippen molar-refractivity contribution in [1.82, 2.24) is 15.5 Å². The van der Waals surface area contributed by atoms with Crippen LogP contribution in [0.3, 0.4) is 0 Å². The number of para-hydroxylation sites is 1. The van der Waals surface area contributed by atoms with Gasteiger partial charge in [-0.25, -0.2) is 4.39 Å². The van der Waals surface area contributed by atoms with Crippen molar-refractivity contribution in [3.05, 3.63) is 82.8 Å². The van der Waals surface area contributed by atoms with E-state index in [0.717, 1.165) is 0 Å². The molecule has 0 bridgehead atoms. The van der Waals surface area contributed by atoms with E-state index in [1.54, 1.807) is 36.4 Å². The van der Waals surface area contributed by atoms with E-state index in [4.69, 9.17) is 11.6 Å². The molecule has 132 valence electrons. The Labute approximate surface area is 155 Å². The molecule has 1 aromatic heterocycles. The fraction of sp³-hybridized carbons (Fsp3) is 0.105. The maximum atomic E-state index is 13.5. The Kier molecular flexibility index (Phi) is 5.76. The molecule has 0 aliphatic heterocycles. The molecule has 1 heterocycles. The SMILES string of the molecule is O=C(NCCc1ccccc1F)c1ccc(Nc2ccccc2Cl)nn1. The molecule has 0 unspecified atom stereocenters. The van der Waals surface area contributed by atoms with Crippen molar-refractivity contribution in [2.75, 3.05) is 11.9 Å². The first-order chi connectivity index (χ1) is 12.6. The fourth-order valence-electron chi connectivity index (χ4n) is 2.32. The van der Waals surface area contributed by atoms with Gasteiger partial charge in [0.25, 0.3) is 5.91 Å². The molecule has 2 N–H and O–H groups in total. The second kappa shape index (κ2) is 8.40. The lowest BCUT2D eigenvalue weighted by molar-refractivity contribution is 0.0948. The van der Waals surface area contributed by atoms with Crippen LogP contribution >= 0.6 is 11.6 Å². The summed E-state index contributed by atoms with van der Waals surface area (Å²) in [5, 5.41) is 14.2. The van der Waals surface area contributed by atoms with E-state index < -0.39 is 0 Å². The Morgan fingerprint density at radius 1 is 1.00 bits per heavy atom. The molecule has 0 aliphatic rings.